The fraction of sp³-hybridized carbons (Fsp3) is 0.317. The molecule has 0 saturated carbocycles. The normalized spacial score (nSPS) is 13.3. The largest absolute Gasteiger partial charge is 0.463 e. The molecule has 5 rings (SSSR count). The molecule has 0 fully saturated rings. The van der Waals surface area contributed by atoms with Crippen LogP contribution in [0.25, 0.3) is 0 Å². The Morgan fingerprint density at radius 1 is 0.725 bits per heavy atom. The van der Waals surface area contributed by atoms with Crippen molar-refractivity contribution in [2.24, 2.45) is 0 Å². The number of benzene rings is 4. The number of esters is 2. The van der Waals surface area contributed by atoms with E-state index in [1.165, 1.54) is 0 Å². The van der Waals surface area contributed by atoms with E-state index in [1.807, 2.05) is 103 Å². The van der Waals surface area contributed by atoms with E-state index in [2.05, 4.69) is 0 Å². The number of ether oxygens (including phenoxy) is 4. The maximum atomic E-state index is 12.8. The molecule has 2 atom stereocenters. The molecule has 2 unspecified atom stereocenters. The molecule has 1 heterocycles. The molecule has 1 amide bonds. The number of aldehydes is 1. The van der Waals surface area contributed by atoms with Crippen LogP contribution in [0.2, 0.25) is 0 Å². The molecule has 0 bridgehead atoms. The standard InChI is InChI=1S/C41H44N2O8/c1-29(31-12-16-36(17-13-31)42(3)26-33-8-4-5-10-35(33)28-44)40(46)50-24-22-48-20-21-49-23-25-51-41(47)30(2)32-14-18-37(19-15-32)43-27-34-9-6-7-11-38(34)39(43)45/h4-19,28-30H,20-27H2,1-3H3. The van der Waals surface area contributed by atoms with Gasteiger partial charge in [0, 0.05) is 36.1 Å². The number of anilines is 2. The minimum atomic E-state index is -0.468. The zero-order valence-electron chi connectivity index (χ0n) is 29.3. The number of carbonyl (C=O) groups is 4. The van der Waals surface area contributed by atoms with Crippen molar-refractivity contribution >= 4 is 35.5 Å². The van der Waals surface area contributed by atoms with Crippen LogP contribution in [0.5, 0.6) is 0 Å². The van der Waals surface area contributed by atoms with Crippen LogP contribution in [0.1, 0.15) is 68.7 Å². The van der Waals surface area contributed by atoms with Gasteiger partial charge in [0.25, 0.3) is 5.91 Å². The summed E-state index contributed by atoms with van der Waals surface area (Å²) in [5.41, 5.74) is 6.73. The summed E-state index contributed by atoms with van der Waals surface area (Å²) in [6.07, 6.45) is 0.866. The van der Waals surface area contributed by atoms with E-state index in [0.717, 1.165) is 45.5 Å². The van der Waals surface area contributed by atoms with Crippen molar-refractivity contribution in [3.8, 4) is 0 Å². The summed E-state index contributed by atoms with van der Waals surface area (Å²) in [5, 5.41) is 0. The number of amides is 1. The van der Waals surface area contributed by atoms with Gasteiger partial charge in [-0.25, -0.2) is 0 Å². The van der Waals surface area contributed by atoms with E-state index in [9.17, 15) is 19.2 Å². The number of nitrogens with zero attached hydrogens (tertiary/aromatic N) is 2. The third-order valence-corrected chi connectivity index (χ3v) is 8.97. The van der Waals surface area contributed by atoms with Crippen LogP contribution in [0.15, 0.2) is 97.1 Å². The van der Waals surface area contributed by atoms with Crippen molar-refractivity contribution in [3.63, 3.8) is 0 Å². The summed E-state index contributed by atoms with van der Waals surface area (Å²) in [4.78, 5) is 53.0. The molecular weight excluding hydrogens is 648 g/mol. The monoisotopic (exact) mass is 692 g/mol. The minimum absolute atomic E-state index is 0.0237. The van der Waals surface area contributed by atoms with Gasteiger partial charge >= 0.3 is 11.9 Å². The molecule has 10 nitrogen and oxygen atoms in total. The molecule has 10 heteroatoms. The van der Waals surface area contributed by atoms with E-state index in [4.69, 9.17) is 18.9 Å². The first kappa shape index (κ1) is 36.9. The van der Waals surface area contributed by atoms with Gasteiger partial charge in [-0.2, -0.15) is 0 Å². The zero-order chi connectivity index (χ0) is 36.2. The molecule has 4 aromatic rings. The van der Waals surface area contributed by atoms with Crippen molar-refractivity contribution in [1.29, 1.82) is 0 Å². The van der Waals surface area contributed by atoms with E-state index in [1.54, 1.807) is 24.8 Å². The maximum absolute atomic E-state index is 12.8. The third kappa shape index (κ3) is 9.68. The molecule has 0 spiro atoms. The highest BCUT2D eigenvalue weighted by molar-refractivity contribution is 6.10. The van der Waals surface area contributed by atoms with Crippen LogP contribution in [0.4, 0.5) is 11.4 Å². The average Bonchev–Trinajstić information content (AvgIpc) is 3.50. The highest BCUT2D eigenvalue weighted by atomic mass is 16.6. The van der Waals surface area contributed by atoms with Crippen LogP contribution in [0, 0.1) is 0 Å². The Hall–Kier alpha value is -5.32. The Kier molecular flexibility index (Phi) is 13.1. The lowest BCUT2D eigenvalue weighted by Gasteiger charge is -2.21. The lowest BCUT2D eigenvalue weighted by Crippen LogP contribution is -2.23. The molecule has 1 aliphatic heterocycles. The van der Waals surface area contributed by atoms with Gasteiger partial charge in [-0.3, -0.25) is 19.2 Å². The number of hydrogen-bond acceptors (Lipinski definition) is 9. The van der Waals surface area contributed by atoms with E-state index in [-0.39, 0.29) is 44.3 Å². The van der Waals surface area contributed by atoms with Crippen molar-refractivity contribution in [2.45, 2.75) is 38.8 Å². The fourth-order valence-electron chi connectivity index (χ4n) is 5.81. The molecule has 0 saturated heterocycles. The predicted molar refractivity (Wildman–Crippen MR) is 194 cm³/mol. The van der Waals surface area contributed by atoms with Crippen LogP contribution >= 0.6 is 0 Å². The predicted octanol–water partition coefficient (Wildman–Crippen LogP) is 6.32. The highest BCUT2D eigenvalue weighted by Gasteiger charge is 2.28. The number of rotatable bonds is 18. The second-order valence-electron chi connectivity index (χ2n) is 12.4. The summed E-state index contributed by atoms with van der Waals surface area (Å²) in [5.74, 6) is -1.62. The van der Waals surface area contributed by atoms with Gasteiger partial charge < -0.3 is 28.7 Å². The molecule has 266 valence electrons. The molecule has 1 aliphatic rings. The van der Waals surface area contributed by atoms with Crippen LogP contribution in [-0.2, 0) is 41.6 Å². The number of fused-ring (bicyclic) bond motifs is 1. The zero-order valence-corrected chi connectivity index (χ0v) is 29.3. The van der Waals surface area contributed by atoms with E-state index in [0.29, 0.717) is 31.9 Å². The first-order valence-electron chi connectivity index (χ1n) is 17.1. The molecule has 4 aromatic carbocycles. The Bertz CT molecular complexity index is 1790. The van der Waals surface area contributed by atoms with Crippen LogP contribution in [0.3, 0.4) is 0 Å². The molecule has 51 heavy (non-hydrogen) atoms. The fourth-order valence-corrected chi connectivity index (χ4v) is 5.81. The summed E-state index contributed by atoms with van der Waals surface area (Å²) in [6, 6.07) is 30.2. The highest BCUT2D eigenvalue weighted by Crippen LogP contribution is 2.29. The maximum Gasteiger partial charge on any atom is 0.313 e. The van der Waals surface area contributed by atoms with E-state index < -0.39 is 11.8 Å². The summed E-state index contributed by atoms with van der Waals surface area (Å²) in [7, 11) is 1.96. The van der Waals surface area contributed by atoms with Gasteiger partial charge in [-0.15, -0.1) is 0 Å². The van der Waals surface area contributed by atoms with Gasteiger partial charge in [0.1, 0.15) is 19.5 Å². The Morgan fingerprint density at radius 3 is 1.84 bits per heavy atom. The smallest absolute Gasteiger partial charge is 0.313 e. The SMILES string of the molecule is CC(C(=O)OCCOCCOCCOC(=O)C(C)c1ccc(N2Cc3ccccc3C2=O)cc1)c1ccc(N(C)Cc2ccccc2C=O)cc1. The lowest BCUT2D eigenvalue weighted by molar-refractivity contribution is -0.148. The number of hydrogen-bond donors (Lipinski definition) is 0. The first-order chi connectivity index (χ1) is 24.8. The van der Waals surface area contributed by atoms with Gasteiger partial charge in [0.15, 0.2) is 0 Å². The molecular formula is C41H44N2O8. The Morgan fingerprint density at radius 2 is 1.25 bits per heavy atom. The van der Waals surface area contributed by atoms with Crippen LogP contribution < -0.4 is 9.80 Å². The second-order valence-corrected chi connectivity index (χ2v) is 12.4. The van der Waals surface area contributed by atoms with Gasteiger partial charge in [-0.05, 0) is 66.4 Å². The average molecular weight is 693 g/mol. The van der Waals surface area contributed by atoms with Gasteiger partial charge in [0.05, 0.1) is 44.8 Å². The molecule has 0 aliphatic carbocycles. The summed E-state index contributed by atoms with van der Waals surface area (Å²) < 4.78 is 21.8. The van der Waals surface area contributed by atoms with Crippen LogP contribution in [-0.4, -0.2) is 70.8 Å². The number of carbonyl (C=O) groups excluding carboxylic acids is 4. The lowest BCUT2D eigenvalue weighted by atomic mass is 10.0. The Labute approximate surface area is 298 Å². The summed E-state index contributed by atoms with van der Waals surface area (Å²) in [6.45, 7) is 6.01. The van der Waals surface area contributed by atoms with Crippen molar-refractivity contribution < 1.29 is 38.1 Å². The topological polar surface area (TPSA) is 112 Å². The summed E-state index contributed by atoms with van der Waals surface area (Å²) >= 11 is 0. The Balaban J connectivity index is 0.910. The molecule has 0 radical (unpaired) electrons. The first-order valence-corrected chi connectivity index (χ1v) is 17.1. The van der Waals surface area contributed by atoms with Crippen molar-refractivity contribution in [1.82, 2.24) is 0 Å². The minimum Gasteiger partial charge on any atom is -0.463 e. The van der Waals surface area contributed by atoms with Crippen molar-refractivity contribution in [3.05, 3.63) is 130 Å². The van der Waals surface area contributed by atoms with E-state index >= 15 is 0 Å². The molecule has 0 aromatic heterocycles. The quantitative estimate of drug-likeness (QED) is 0.0672. The third-order valence-electron chi connectivity index (χ3n) is 8.97. The van der Waals surface area contributed by atoms with Gasteiger partial charge in [-0.1, -0.05) is 66.7 Å². The second kappa shape index (κ2) is 18.1. The molecule has 0 N–H and O–H groups in total. The van der Waals surface area contributed by atoms with Gasteiger partial charge in [0.2, 0.25) is 0 Å². The van der Waals surface area contributed by atoms with Crippen molar-refractivity contribution in [2.75, 3.05) is 56.5 Å².